The molecule has 0 spiro atoms. The van der Waals surface area contributed by atoms with Gasteiger partial charge in [-0.1, -0.05) is 0 Å². The van der Waals surface area contributed by atoms with Gasteiger partial charge in [0, 0.05) is 5.75 Å². The molecule has 0 N–H and O–H groups in total. The lowest BCUT2D eigenvalue weighted by Crippen LogP contribution is -2.30. The van der Waals surface area contributed by atoms with Crippen LogP contribution >= 0.6 is 11.8 Å². The summed E-state index contributed by atoms with van der Waals surface area (Å²) < 4.78 is 18.4. The van der Waals surface area contributed by atoms with Gasteiger partial charge < -0.3 is 4.74 Å². The molecule has 1 aromatic rings. The van der Waals surface area contributed by atoms with E-state index in [9.17, 15) is 4.39 Å². The van der Waals surface area contributed by atoms with E-state index < -0.39 is 0 Å². The Morgan fingerprint density at radius 2 is 2.33 bits per heavy atom. The molecule has 15 heavy (non-hydrogen) atoms. The molecule has 0 atom stereocenters. The standard InChI is InChI=1S/C11H10FNOS/c12-11-2-1-8(4-13)3-9(11)7-15-10-5-14-6-10/h1-3,10H,5-7H2. The molecule has 1 aliphatic rings. The smallest absolute Gasteiger partial charge is 0.127 e. The predicted octanol–water partition coefficient (Wildman–Crippen LogP) is 2.33. The molecule has 0 unspecified atom stereocenters. The zero-order chi connectivity index (χ0) is 10.7. The van der Waals surface area contributed by atoms with Crippen LogP contribution in [0.1, 0.15) is 11.1 Å². The maximum absolute atomic E-state index is 13.3. The summed E-state index contributed by atoms with van der Waals surface area (Å²) in [6.45, 7) is 1.51. The van der Waals surface area contributed by atoms with E-state index in [-0.39, 0.29) is 5.82 Å². The number of rotatable bonds is 3. The lowest BCUT2D eigenvalue weighted by Gasteiger charge is -2.25. The number of halogens is 1. The lowest BCUT2D eigenvalue weighted by molar-refractivity contribution is 0.0455. The van der Waals surface area contributed by atoms with Gasteiger partial charge in [-0.15, -0.1) is 11.8 Å². The Labute approximate surface area is 92.0 Å². The molecule has 1 aromatic carbocycles. The van der Waals surface area contributed by atoms with E-state index in [4.69, 9.17) is 10.00 Å². The Morgan fingerprint density at radius 3 is 2.93 bits per heavy atom. The summed E-state index contributed by atoms with van der Waals surface area (Å²) in [5.74, 6) is 0.372. The van der Waals surface area contributed by atoms with E-state index >= 15 is 0 Å². The third kappa shape index (κ3) is 2.49. The van der Waals surface area contributed by atoms with Crippen LogP contribution in [-0.2, 0) is 10.5 Å². The first-order valence-corrected chi connectivity index (χ1v) is 5.72. The van der Waals surface area contributed by atoms with Crippen molar-refractivity contribution in [1.82, 2.24) is 0 Å². The van der Waals surface area contributed by atoms with Gasteiger partial charge in [0.25, 0.3) is 0 Å². The van der Waals surface area contributed by atoms with Crippen LogP contribution < -0.4 is 0 Å². The normalized spacial score (nSPS) is 15.7. The third-order valence-electron chi connectivity index (χ3n) is 2.26. The highest BCUT2D eigenvalue weighted by Gasteiger charge is 2.19. The van der Waals surface area contributed by atoms with Crippen molar-refractivity contribution in [3.63, 3.8) is 0 Å². The quantitative estimate of drug-likeness (QED) is 0.788. The number of thioether (sulfide) groups is 1. The number of hydrogen-bond donors (Lipinski definition) is 0. The first-order chi connectivity index (χ1) is 7.29. The monoisotopic (exact) mass is 223 g/mol. The molecule has 0 bridgehead atoms. The van der Waals surface area contributed by atoms with Crippen LogP contribution in [0.4, 0.5) is 4.39 Å². The summed E-state index contributed by atoms with van der Waals surface area (Å²) in [6.07, 6.45) is 0. The average Bonchev–Trinajstić information content (AvgIpc) is 2.18. The van der Waals surface area contributed by atoms with Gasteiger partial charge in [-0.25, -0.2) is 4.39 Å². The van der Waals surface area contributed by atoms with Crippen LogP contribution in [0.5, 0.6) is 0 Å². The van der Waals surface area contributed by atoms with Gasteiger partial charge >= 0.3 is 0 Å². The van der Waals surface area contributed by atoms with E-state index in [0.29, 0.717) is 22.1 Å². The molecule has 0 aliphatic carbocycles. The number of nitriles is 1. The van der Waals surface area contributed by atoms with Crippen molar-refractivity contribution in [2.45, 2.75) is 11.0 Å². The highest BCUT2D eigenvalue weighted by atomic mass is 32.2. The van der Waals surface area contributed by atoms with Crippen molar-refractivity contribution < 1.29 is 9.13 Å². The van der Waals surface area contributed by atoms with Gasteiger partial charge in [0.05, 0.1) is 30.1 Å². The summed E-state index contributed by atoms with van der Waals surface area (Å²) in [6, 6.07) is 6.47. The fourth-order valence-electron chi connectivity index (χ4n) is 1.27. The van der Waals surface area contributed by atoms with Crippen LogP contribution in [0.3, 0.4) is 0 Å². The van der Waals surface area contributed by atoms with Crippen LogP contribution in [-0.4, -0.2) is 18.5 Å². The summed E-state index contributed by atoms with van der Waals surface area (Å²) in [5, 5.41) is 9.17. The number of benzene rings is 1. The first-order valence-electron chi connectivity index (χ1n) is 4.67. The minimum Gasteiger partial charge on any atom is -0.379 e. The Kier molecular flexibility index (Phi) is 3.24. The SMILES string of the molecule is N#Cc1ccc(F)c(CSC2COC2)c1. The zero-order valence-corrected chi connectivity index (χ0v) is 8.89. The van der Waals surface area contributed by atoms with Gasteiger partial charge in [0.2, 0.25) is 0 Å². The maximum atomic E-state index is 13.3. The van der Waals surface area contributed by atoms with Gasteiger partial charge in [-0.3, -0.25) is 0 Å². The van der Waals surface area contributed by atoms with E-state index in [1.165, 1.54) is 12.1 Å². The van der Waals surface area contributed by atoms with Crippen LogP contribution in [0, 0.1) is 17.1 Å². The second-order valence-electron chi connectivity index (χ2n) is 3.39. The average molecular weight is 223 g/mol. The van der Waals surface area contributed by atoms with Crippen molar-refractivity contribution in [2.75, 3.05) is 13.2 Å². The predicted molar refractivity (Wildman–Crippen MR) is 57.0 cm³/mol. The second kappa shape index (κ2) is 4.65. The molecule has 0 radical (unpaired) electrons. The molecule has 0 aromatic heterocycles. The minimum atomic E-state index is -0.234. The van der Waals surface area contributed by atoms with Gasteiger partial charge in [0.15, 0.2) is 0 Å². The topological polar surface area (TPSA) is 33.0 Å². The number of hydrogen-bond acceptors (Lipinski definition) is 3. The van der Waals surface area contributed by atoms with Crippen LogP contribution in [0.25, 0.3) is 0 Å². The Hall–Kier alpha value is -1.05. The molecule has 2 nitrogen and oxygen atoms in total. The maximum Gasteiger partial charge on any atom is 0.127 e. The second-order valence-corrected chi connectivity index (χ2v) is 4.68. The fourth-order valence-corrected chi connectivity index (χ4v) is 2.29. The molecule has 4 heteroatoms. The molecule has 1 heterocycles. The van der Waals surface area contributed by atoms with Crippen molar-refractivity contribution in [1.29, 1.82) is 5.26 Å². The van der Waals surface area contributed by atoms with Gasteiger partial charge in [-0.2, -0.15) is 5.26 Å². The van der Waals surface area contributed by atoms with Gasteiger partial charge in [-0.05, 0) is 23.8 Å². The molecule has 78 valence electrons. The first kappa shape index (κ1) is 10.5. The lowest BCUT2D eigenvalue weighted by atomic mass is 10.1. The van der Waals surface area contributed by atoms with Crippen LogP contribution in [0.15, 0.2) is 18.2 Å². The molecule has 0 saturated carbocycles. The molecule has 1 fully saturated rings. The molecule has 1 saturated heterocycles. The van der Waals surface area contributed by atoms with Crippen molar-refractivity contribution in [3.8, 4) is 6.07 Å². The van der Waals surface area contributed by atoms with Crippen LogP contribution in [0.2, 0.25) is 0 Å². The summed E-state index contributed by atoms with van der Waals surface area (Å²) in [4.78, 5) is 0. The van der Waals surface area contributed by atoms with E-state index in [1.807, 2.05) is 6.07 Å². The summed E-state index contributed by atoms with van der Waals surface area (Å²) in [7, 11) is 0. The van der Waals surface area contributed by atoms with Crippen molar-refractivity contribution in [3.05, 3.63) is 35.1 Å². The Bertz CT molecular complexity index is 398. The Morgan fingerprint density at radius 1 is 1.53 bits per heavy atom. The molecule has 0 amide bonds. The summed E-state index contributed by atoms with van der Waals surface area (Å²) in [5.41, 5.74) is 1.11. The largest absolute Gasteiger partial charge is 0.379 e. The third-order valence-corrected chi connectivity index (χ3v) is 3.48. The van der Waals surface area contributed by atoms with E-state index in [0.717, 1.165) is 13.2 Å². The number of ether oxygens (including phenoxy) is 1. The molecule has 2 rings (SSSR count). The number of nitrogens with zero attached hydrogens (tertiary/aromatic N) is 1. The zero-order valence-electron chi connectivity index (χ0n) is 8.07. The molecule has 1 aliphatic heterocycles. The summed E-state index contributed by atoms with van der Waals surface area (Å²) >= 11 is 1.68. The molecular weight excluding hydrogens is 213 g/mol. The van der Waals surface area contributed by atoms with E-state index in [1.54, 1.807) is 17.8 Å². The molecular formula is C11H10FNOS. The van der Waals surface area contributed by atoms with Crippen molar-refractivity contribution >= 4 is 11.8 Å². The van der Waals surface area contributed by atoms with Gasteiger partial charge in [0.1, 0.15) is 5.82 Å². The minimum absolute atomic E-state index is 0.234. The van der Waals surface area contributed by atoms with Crippen molar-refractivity contribution in [2.24, 2.45) is 0 Å². The fraction of sp³-hybridized carbons (Fsp3) is 0.364. The highest BCUT2D eigenvalue weighted by Crippen LogP contribution is 2.24. The van der Waals surface area contributed by atoms with E-state index in [2.05, 4.69) is 0 Å². The highest BCUT2D eigenvalue weighted by molar-refractivity contribution is 7.99. The Balaban J connectivity index is 2.02.